The average molecular weight is 542 g/mol. The molecule has 8 heteroatoms. The summed E-state index contributed by atoms with van der Waals surface area (Å²) in [5.74, 6) is 1.61. The molecule has 0 bridgehead atoms. The lowest BCUT2D eigenvalue weighted by Gasteiger charge is -2.18. The molecule has 6 nitrogen and oxygen atoms in total. The van der Waals surface area contributed by atoms with Gasteiger partial charge in [0.25, 0.3) is 0 Å². The first kappa shape index (κ1) is 23.5. The molecule has 0 spiro atoms. The Hall–Kier alpha value is -0.580. The molecule has 148 valence electrons. The first-order chi connectivity index (χ1) is 12.2. The number of hydrogen-bond donors (Lipinski definition) is 2. The maximum Gasteiger partial charge on any atom is 0.191 e. The fourth-order valence-corrected chi connectivity index (χ4v) is 2.81. The number of guanidine groups is 1. The van der Waals surface area contributed by atoms with Gasteiger partial charge in [0.15, 0.2) is 5.96 Å². The second-order valence-corrected chi connectivity index (χ2v) is 6.80. The largest absolute Gasteiger partial charge is 0.488 e. The quantitative estimate of drug-likeness (QED) is 0.217. The number of nitrogens with one attached hydrogen (secondary N) is 2. The minimum atomic E-state index is 0. The van der Waals surface area contributed by atoms with Crippen molar-refractivity contribution in [1.82, 2.24) is 10.6 Å². The van der Waals surface area contributed by atoms with Crippen molar-refractivity contribution >= 4 is 45.9 Å². The van der Waals surface area contributed by atoms with E-state index in [1.54, 1.807) is 7.05 Å². The van der Waals surface area contributed by atoms with Crippen molar-refractivity contribution in [2.75, 3.05) is 40.0 Å². The lowest BCUT2D eigenvalue weighted by atomic mass is 10.3. The third-order valence-electron chi connectivity index (χ3n) is 3.80. The highest BCUT2D eigenvalue weighted by Crippen LogP contribution is 2.24. The molecule has 26 heavy (non-hydrogen) atoms. The first-order valence-electron chi connectivity index (χ1n) is 8.74. The van der Waals surface area contributed by atoms with Gasteiger partial charge < -0.3 is 24.8 Å². The normalized spacial score (nSPS) is 18.1. The van der Waals surface area contributed by atoms with Crippen LogP contribution in [0.25, 0.3) is 0 Å². The van der Waals surface area contributed by atoms with Gasteiger partial charge in [-0.25, -0.2) is 0 Å². The Morgan fingerprint density at radius 2 is 2.19 bits per heavy atom. The Kier molecular flexibility index (Phi) is 12.2. The molecule has 0 radical (unpaired) electrons. The molecular weight excluding hydrogens is 513 g/mol. The molecule has 0 saturated carbocycles. The first-order valence-corrected chi connectivity index (χ1v) is 9.53. The van der Waals surface area contributed by atoms with Gasteiger partial charge in [0, 0.05) is 26.8 Å². The second-order valence-electron chi connectivity index (χ2n) is 5.95. The molecule has 2 N–H and O–H groups in total. The van der Waals surface area contributed by atoms with E-state index < -0.39 is 0 Å². The van der Waals surface area contributed by atoms with Gasteiger partial charge in [-0.3, -0.25) is 4.99 Å². The summed E-state index contributed by atoms with van der Waals surface area (Å²) in [6, 6.07) is 7.84. The van der Waals surface area contributed by atoms with Crippen LogP contribution in [-0.4, -0.2) is 58.1 Å². The van der Waals surface area contributed by atoms with E-state index in [-0.39, 0.29) is 36.2 Å². The van der Waals surface area contributed by atoms with Crippen molar-refractivity contribution in [3.63, 3.8) is 0 Å². The molecule has 2 unspecified atom stereocenters. The fourth-order valence-electron chi connectivity index (χ4n) is 2.43. The van der Waals surface area contributed by atoms with Gasteiger partial charge in [0.1, 0.15) is 11.9 Å². The minimum absolute atomic E-state index is 0. The summed E-state index contributed by atoms with van der Waals surface area (Å²) < 4.78 is 17.9. The third kappa shape index (κ3) is 8.88. The summed E-state index contributed by atoms with van der Waals surface area (Å²) >= 11 is 3.49. The van der Waals surface area contributed by atoms with E-state index in [1.165, 1.54) is 0 Å². The number of ether oxygens (including phenoxy) is 3. The zero-order chi connectivity index (χ0) is 17.9. The summed E-state index contributed by atoms with van der Waals surface area (Å²) in [7, 11) is 1.76. The Bertz CT molecular complexity index is 542. The number of aliphatic imine (C=N–C) groups is 1. The van der Waals surface area contributed by atoms with Crippen LogP contribution in [0.1, 0.15) is 19.8 Å². The van der Waals surface area contributed by atoms with E-state index >= 15 is 0 Å². The van der Waals surface area contributed by atoms with Crippen LogP contribution in [0.3, 0.4) is 0 Å². The van der Waals surface area contributed by atoms with Gasteiger partial charge in [-0.1, -0.05) is 12.1 Å². The monoisotopic (exact) mass is 541 g/mol. The zero-order valence-electron chi connectivity index (χ0n) is 15.4. The predicted octanol–water partition coefficient (Wildman–Crippen LogP) is 3.20. The number of hydrogen-bond acceptors (Lipinski definition) is 4. The molecule has 1 aliphatic rings. The van der Waals surface area contributed by atoms with Crippen LogP contribution in [0.5, 0.6) is 5.75 Å². The number of halogens is 2. The van der Waals surface area contributed by atoms with Gasteiger partial charge in [-0.05, 0) is 47.8 Å². The highest BCUT2D eigenvalue weighted by atomic mass is 127. The van der Waals surface area contributed by atoms with Gasteiger partial charge in [-0.15, -0.1) is 24.0 Å². The van der Waals surface area contributed by atoms with Gasteiger partial charge in [0.05, 0.1) is 23.7 Å². The average Bonchev–Trinajstić information content (AvgIpc) is 3.13. The lowest BCUT2D eigenvalue weighted by molar-refractivity contribution is 0.0420. The van der Waals surface area contributed by atoms with E-state index in [1.807, 2.05) is 31.2 Å². The molecule has 2 rings (SSSR count). The summed E-state index contributed by atoms with van der Waals surface area (Å²) in [4.78, 5) is 4.23. The fraction of sp³-hybridized carbons (Fsp3) is 0.611. The maximum atomic E-state index is 5.92. The Balaban J connectivity index is 0.00000338. The molecule has 0 amide bonds. The van der Waals surface area contributed by atoms with E-state index in [2.05, 4.69) is 31.6 Å². The molecule has 1 aromatic carbocycles. The molecule has 1 saturated heterocycles. The topological polar surface area (TPSA) is 64.1 Å². The van der Waals surface area contributed by atoms with Crippen LogP contribution in [0.4, 0.5) is 0 Å². The molecule has 2 atom stereocenters. The van der Waals surface area contributed by atoms with E-state index in [9.17, 15) is 0 Å². The Morgan fingerprint density at radius 1 is 1.38 bits per heavy atom. The highest BCUT2D eigenvalue weighted by Gasteiger charge is 2.15. The van der Waals surface area contributed by atoms with Crippen molar-refractivity contribution in [3.8, 4) is 5.75 Å². The van der Waals surface area contributed by atoms with Crippen molar-refractivity contribution in [2.24, 2.45) is 4.99 Å². The standard InChI is InChI=1S/C18H28BrN3O3.HI/c1-14(25-17-7-4-3-6-16(17)19)12-22-18(20-2)21-9-5-10-24-15-8-11-23-13-15;/h3-4,6-7,14-15H,5,8-13H2,1-2H3,(H2,20,21,22);1H. The molecule has 1 heterocycles. The smallest absolute Gasteiger partial charge is 0.191 e. The summed E-state index contributed by atoms with van der Waals surface area (Å²) in [6.45, 7) is 5.78. The molecule has 0 aliphatic carbocycles. The SMILES string of the molecule is CN=C(NCCCOC1CCOC1)NCC(C)Oc1ccccc1Br.I. The van der Waals surface area contributed by atoms with Crippen molar-refractivity contribution < 1.29 is 14.2 Å². The van der Waals surface area contributed by atoms with Crippen molar-refractivity contribution in [1.29, 1.82) is 0 Å². The number of para-hydroxylation sites is 1. The number of benzene rings is 1. The molecule has 0 aromatic heterocycles. The van der Waals surface area contributed by atoms with Crippen LogP contribution in [0.15, 0.2) is 33.7 Å². The summed E-state index contributed by atoms with van der Waals surface area (Å²) in [5, 5.41) is 6.57. The van der Waals surface area contributed by atoms with Crippen LogP contribution in [0, 0.1) is 0 Å². The van der Waals surface area contributed by atoms with Gasteiger partial charge >= 0.3 is 0 Å². The third-order valence-corrected chi connectivity index (χ3v) is 4.46. The predicted molar refractivity (Wildman–Crippen MR) is 119 cm³/mol. The van der Waals surface area contributed by atoms with Crippen LogP contribution >= 0.6 is 39.9 Å². The van der Waals surface area contributed by atoms with Crippen molar-refractivity contribution in [3.05, 3.63) is 28.7 Å². The van der Waals surface area contributed by atoms with E-state index in [4.69, 9.17) is 14.2 Å². The summed E-state index contributed by atoms with van der Waals surface area (Å²) in [6.07, 6.45) is 2.22. The molecular formula is C18H29BrIN3O3. The minimum Gasteiger partial charge on any atom is -0.488 e. The van der Waals surface area contributed by atoms with Crippen LogP contribution < -0.4 is 15.4 Å². The number of nitrogens with zero attached hydrogens (tertiary/aromatic N) is 1. The second kappa shape index (κ2) is 13.6. The lowest BCUT2D eigenvalue weighted by Crippen LogP contribution is -2.42. The Labute approximate surface area is 181 Å². The molecule has 1 aliphatic heterocycles. The van der Waals surface area contributed by atoms with Gasteiger partial charge in [0.2, 0.25) is 0 Å². The van der Waals surface area contributed by atoms with Crippen LogP contribution in [-0.2, 0) is 9.47 Å². The molecule has 1 aromatic rings. The summed E-state index contributed by atoms with van der Waals surface area (Å²) in [5.41, 5.74) is 0. The Morgan fingerprint density at radius 3 is 2.88 bits per heavy atom. The van der Waals surface area contributed by atoms with Crippen LogP contribution in [0.2, 0.25) is 0 Å². The molecule has 1 fully saturated rings. The number of rotatable bonds is 9. The van der Waals surface area contributed by atoms with E-state index in [0.717, 1.165) is 55.4 Å². The van der Waals surface area contributed by atoms with Crippen molar-refractivity contribution in [2.45, 2.75) is 32.0 Å². The van der Waals surface area contributed by atoms with E-state index in [0.29, 0.717) is 6.54 Å². The zero-order valence-corrected chi connectivity index (χ0v) is 19.3. The maximum absolute atomic E-state index is 5.92. The van der Waals surface area contributed by atoms with Gasteiger partial charge in [-0.2, -0.15) is 0 Å². The highest BCUT2D eigenvalue weighted by molar-refractivity contribution is 14.0.